The van der Waals surface area contributed by atoms with E-state index in [4.69, 9.17) is 10.5 Å². The molecular formula is C12H20N6O2. The van der Waals surface area contributed by atoms with E-state index < -0.39 is 0 Å². The molecule has 1 fully saturated rings. The van der Waals surface area contributed by atoms with Gasteiger partial charge in [-0.05, 0) is 20.3 Å². The van der Waals surface area contributed by atoms with Gasteiger partial charge in [0.05, 0.1) is 12.0 Å². The Bertz CT molecular complexity index is 493. The van der Waals surface area contributed by atoms with Gasteiger partial charge in [-0.15, -0.1) is 0 Å². The highest BCUT2D eigenvalue weighted by molar-refractivity contribution is 5.78. The molecule has 0 aromatic carbocycles. The van der Waals surface area contributed by atoms with Gasteiger partial charge in [-0.1, -0.05) is 0 Å². The summed E-state index contributed by atoms with van der Waals surface area (Å²) in [5.41, 5.74) is 5.33. The van der Waals surface area contributed by atoms with Gasteiger partial charge in [-0.2, -0.15) is 15.0 Å². The van der Waals surface area contributed by atoms with Crippen LogP contribution in [0.15, 0.2) is 0 Å². The quantitative estimate of drug-likeness (QED) is 0.782. The van der Waals surface area contributed by atoms with Gasteiger partial charge in [0, 0.05) is 20.1 Å². The summed E-state index contributed by atoms with van der Waals surface area (Å²) in [6, 6.07) is 0.275. The third kappa shape index (κ3) is 3.25. The van der Waals surface area contributed by atoms with Crippen molar-refractivity contribution in [3.63, 3.8) is 0 Å². The Balaban J connectivity index is 2.20. The fourth-order valence-corrected chi connectivity index (χ4v) is 2.04. The lowest BCUT2D eigenvalue weighted by atomic mass is 10.1. The number of amides is 1. The van der Waals surface area contributed by atoms with Gasteiger partial charge in [-0.25, -0.2) is 0 Å². The van der Waals surface area contributed by atoms with Crippen molar-refractivity contribution in [1.82, 2.24) is 15.0 Å². The molecule has 0 aliphatic carbocycles. The zero-order valence-electron chi connectivity index (χ0n) is 12.0. The van der Waals surface area contributed by atoms with Gasteiger partial charge >= 0.3 is 6.01 Å². The second-order valence-electron chi connectivity index (χ2n) is 4.99. The van der Waals surface area contributed by atoms with Gasteiger partial charge in [0.1, 0.15) is 0 Å². The minimum absolute atomic E-state index is 0.0214. The van der Waals surface area contributed by atoms with Gasteiger partial charge in [0.2, 0.25) is 17.8 Å². The minimum atomic E-state index is -0.283. The van der Waals surface area contributed by atoms with E-state index in [-0.39, 0.29) is 23.9 Å². The van der Waals surface area contributed by atoms with Crippen molar-refractivity contribution in [2.24, 2.45) is 11.7 Å². The molecule has 8 heteroatoms. The van der Waals surface area contributed by atoms with Crippen LogP contribution >= 0.6 is 0 Å². The number of carbonyl (C=O) groups excluding carboxylic acids is 1. The maximum atomic E-state index is 11.2. The highest BCUT2D eigenvalue weighted by Crippen LogP contribution is 2.23. The first-order valence-electron chi connectivity index (χ1n) is 6.64. The van der Waals surface area contributed by atoms with Gasteiger partial charge < -0.3 is 20.7 Å². The van der Waals surface area contributed by atoms with Gasteiger partial charge in [-0.3, -0.25) is 4.79 Å². The summed E-state index contributed by atoms with van der Waals surface area (Å²) >= 11 is 0. The summed E-state index contributed by atoms with van der Waals surface area (Å²) in [6.07, 6.45) is 0.697. The summed E-state index contributed by atoms with van der Waals surface area (Å²) in [5, 5.41) is 2.88. The monoisotopic (exact) mass is 280 g/mol. The lowest BCUT2D eigenvalue weighted by Crippen LogP contribution is -2.28. The molecule has 0 spiro atoms. The highest BCUT2D eigenvalue weighted by Gasteiger charge is 2.28. The Kier molecular flexibility index (Phi) is 4.21. The molecule has 1 aromatic rings. The van der Waals surface area contributed by atoms with Crippen LogP contribution in [0, 0.1) is 5.92 Å². The predicted octanol–water partition coefficient (Wildman–Crippen LogP) is 0.0121. The third-order valence-corrected chi connectivity index (χ3v) is 3.04. The fourth-order valence-electron chi connectivity index (χ4n) is 2.04. The average molecular weight is 280 g/mol. The summed E-state index contributed by atoms with van der Waals surface area (Å²) < 4.78 is 5.51. The van der Waals surface area contributed by atoms with E-state index in [1.807, 2.05) is 18.7 Å². The number of ether oxygens (including phenoxy) is 1. The summed E-state index contributed by atoms with van der Waals surface area (Å²) in [5.74, 6) is 0.505. The molecule has 1 saturated heterocycles. The predicted molar refractivity (Wildman–Crippen MR) is 74.7 cm³/mol. The third-order valence-electron chi connectivity index (χ3n) is 3.04. The molecule has 1 unspecified atom stereocenters. The van der Waals surface area contributed by atoms with Crippen LogP contribution in [0.2, 0.25) is 0 Å². The van der Waals surface area contributed by atoms with Crippen LogP contribution in [0.4, 0.5) is 11.9 Å². The molecule has 0 saturated carbocycles. The van der Waals surface area contributed by atoms with Crippen molar-refractivity contribution >= 4 is 17.8 Å². The Labute approximate surface area is 117 Å². The molecule has 1 aliphatic rings. The van der Waals surface area contributed by atoms with E-state index in [0.717, 1.165) is 6.42 Å². The van der Waals surface area contributed by atoms with Crippen molar-refractivity contribution in [1.29, 1.82) is 0 Å². The maximum absolute atomic E-state index is 11.2. The topological polar surface area (TPSA) is 106 Å². The SMILES string of the molecule is CNc1nc(OC(C)C)nc(N2CCC(C(N)=O)C2)n1. The van der Waals surface area contributed by atoms with Crippen molar-refractivity contribution in [2.45, 2.75) is 26.4 Å². The van der Waals surface area contributed by atoms with Crippen LogP contribution in [0.5, 0.6) is 6.01 Å². The largest absolute Gasteiger partial charge is 0.461 e. The van der Waals surface area contributed by atoms with Gasteiger partial charge in [0.15, 0.2) is 0 Å². The van der Waals surface area contributed by atoms with Crippen LogP contribution in [0.25, 0.3) is 0 Å². The molecule has 2 heterocycles. The maximum Gasteiger partial charge on any atom is 0.323 e. The number of hydrogen-bond donors (Lipinski definition) is 2. The molecular weight excluding hydrogens is 260 g/mol. The number of nitrogens with zero attached hydrogens (tertiary/aromatic N) is 4. The van der Waals surface area contributed by atoms with Crippen molar-refractivity contribution in [3.8, 4) is 6.01 Å². The lowest BCUT2D eigenvalue weighted by Gasteiger charge is -2.17. The van der Waals surface area contributed by atoms with Crippen LogP contribution in [0.3, 0.4) is 0 Å². The number of anilines is 2. The second kappa shape index (κ2) is 5.89. The number of rotatable bonds is 5. The van der Waals surface area contributed by atoms with Crippen molar-refractivity contribution in [2.75, 3.05) is 30.4 Å². The number of nitrogens with two attached hydrogens (primary N) is 1. The Morgan fingerprint density at radius 2 is 2.20 bits per heavy atom. The number of hydrogen-bond acceptors (Lipinski definition) is 7. The first-order chi connectivity index (χ1) is 9.49. The normalized spacial score (nSPS) is 18.4. The fraction of sp³-hybridized carbons (Fsp3) is 0.667. The Morgan fingerprint density at radius 3 is 2.75 bits per heavy atom. The minimum Gasteiger partial charge on any atom is -0.461 e. The number of aromatic nitrogens is 3. The molecule has 1 aliphatic heterocycles. The lowest BCUT2D eigenvalue weighted by molar-refractivity contribution is -0.121. The molecule has 2 rings (SSSR count). The van der Waals surface area contributed by atoms with E-state index in [1.165, 1.54) is 0 Å². The van der Waals surface area contributed by atoms with Crippen LogP contribution in [0.1, 0.15) is 20.3 Å². The molecule has 1 atom stereocenters. The first kappa shape index (κ1) is 14.3. The molecule has 0 bridgehead atoms. The number of primary amides is 1. The smallest absolute Gasteiger partial charge is 0.323 e. The molecule has 1 aromatic heterocycles. The second-order valence-corrected chi connectivity index (χ2v) is 4.99. The summed E-state index contributed by atoms with van der Waals surface area (Å²) in [7, 11) is 1.73. The number of nitrogens with one attached hydrogen (secondary N) is 1. The average Bonchev–Trinajstić information content (AvgIpc) is 2.87. The Hall–Kier alpha value is -2.12. The zero-order chi connectivity index (χ0) is 14.7. The van der Waals surface area contributed by atoms with E-state index in [1.54, 1.807) is 7.05 Å². The van der Waals surface area contributed by atoms with Crippen LogP contribution in [-0.2, 0) is 4.79 Å². The van der Waals surface area contributed by atoms with E-state index in [9.17, 15) is 4.79 Å². The molecule has 110 valence electrons. The Morgan fingerprint density at radius 1 is 1.45 bits per heavy atom. The van der Waals surface area contributed by atoms with Crippen molar-refractivity contribution < 1.29 is 9.53 Å². The molecule has 0 radical (unpaired) electrons. The summed E-state index contributed by atoms with van der Waals surface area (Å²) in [4.78, 5) is 25.9. The highest BCUT2D eigenvalue weighted by atomic mass is 16.5. The molecule has 20 heavy (non-hydrogen) atoms. The van der Waals surface area contributed by atoms with Crippen LogP contribution in [-0.4, -0.2) is 47.1 Å². The van der Waals surface area contributed by atoms with E-state index in [0.29, 0.717) is 25.0 Å². The van der Waals surface area contributed by atoms with E-state index >= 15 is 0 Å². The van der Waals surface area contributed by atoms with E-state index in [2.05, 4.69) is 20.3 Å². The zero-order valence-corrected chi connectivity index (χ0v) is 12.0. The molecule has 8 nitrogen and oxygen atoms in total. The summed E-state index contributed by atoms with van der Waals surface area (Å²) in [6.45, 7) is 5.04. The molecule has 1 amide bonds. The van der Waals surface area contributed by atoms with Crippen molar-refractivity contribution in [3.05, 3.63) is 0 Å². The van der Waals surface area contributed by atoms with Crippen LogP contribution < -0.4 is 20.7 Å². The standard InChI is InChI=1S/C12H20N6O2/c1-7(2)20-12-16-10(14-3)15-11(17-12)18-5-4-8(6-18)9(13)19/h7-8H,4-6H2,1-3H3,(H2,13,19)(H,14,15,16,17). The first-order valence-corrected chi connectivity index (χ1v) is 6.64. The van der Waals surface area contributed by atoms with Gasteiger partial charge in [0.25, 0.3) is 0 Å². The molecule has 3 N–H and O–H groups in total. The number of carbonyl (C=O) groups is 1.